The topological polar surface area (TPSA) is 38.3 Å². The minimum atomic E-state index is -0.536. The fraction of sp³-hybridized carbons (Fsp3) is 0.500. The first-order chi connectivity index (χ1) is 8.65. The van der Waals surface area contributed by atoms with E-state index in [-0.39, 0.29) is 5.91 Å². The molecule has 3 nitrogen and oxygen atoms in total. The molecule has 1 N–H and O–H groups in total. The molecule has 0 aliphatic rings. The third kappa shape index (κ3) is 4.96. The number of carbonyl (C=O) groups excluding carboxylic acids is 1. The molecule has 0 heterocycles. The van der Waals surface area contributed by atoms with Gasteiger partial charge in [0.15, 0.2) is 6.10 Å². The summed E-state index contributed by atoms with van der Waals surface area (Å²) in [5.74, 6) is 0.432. The van der Waals surface area contributed by atoms with Crippen molar-refractivity contribution in [1.29, 1.82) is 0 Å². The number of amides is 1. The molecule has 0 radical (unpaired) electrons. The van der Waals surface area contributed by atoms with Crippen molar-refractivity contribution in [2.45, 2.75) is 39.2 Å². The van der Waals surface area contributed by atoms with Crippen LogP contribution in [0.25, 0.3) is 0 Å². The van der Waals surface area contributed by atoms with E-state index in [2.05, 4.69) is 12.2 Å². The van der Waals surface area contributed by atoms with Crippen LogP contribution in [0.2, 0.25) is 5.02 Å². The number of rotatable bonds is 7. The zero-order valence-corrected chi connectivity index (χ0v) is 11.7. The van der Waals surface area contributed by atoms with E-state index in [0.717, 1.165) is 19.3 Å². The van der Waals surface area contributed by atoms with Crippen molar-refractivity contribution in [2.75, 3.05) is 6.54 Å². The van der Waals surface area contributed by atoms with Crippen LogP contribution in [0.3, 0.4) is 0 Å². The van der Waals surface area contributed by atoms with Crippen molar-refractivity contribution >= 4 is 17.5 Å². The Bertz CT molecular complexity index is 382. The molecule has 0 aromatic heterocycles. The third-order valence-electron chi connectivity index (χ3n) is 2.59. The molecule has 0 bridgehead atoms. The van der Waals surface area contributed by atoms with Gasteiger partial charge in [0.2, 0.25) is 0 Å². The van der Waals surface area contributed by atoms with E-state index in [1.165, 1.54) is 0 Å². The van der Waals surface area contributed by atoms with E-state index in [1.807, 2.05) is 12.1 Å². The Morgan fingerprint density at radius 1 is 1.39 bits per heavy atom. The zero-order valence-electron chi connectivity index (χ0n) is 10.9. The lowest BCUT2D eigenvalue weighted by atomic mass is 10.2. The van der Waals surface area contributed by atoms with Gasteiger partial charge in [-0.2, -0.15) is 0 Å². The molecular weight excluding hydrogens is 250 g/mol. The molecule has 1 amide bonds. The van der Waals surface area contributed by atoms with Crippen molar-refractivity contribution < 1.29 is 9.53 Å². The second kappa shape index (κ2) is 7.98. The van der Waals surface area contributed by atoms with E-state index in [1.54, 1.807) is 19.1 Å². The molecule has 4 heteroatoms. The quantitative estimate of drug-likeness (QED) is 0.771. The van der Waals surface area contributed by atoms with Crippen LogP contribution in [-0.4, -0.2) is 18.6 Å². The highest BCUT2D eigenvalue weighted by Gasteiger charge is 2.14. The molecule has 1 aromatic carbocycles. The molecule has 0 spiro atoms. The SMILES string of the molecule is CCCCCNC(=O)C(C)Oc1ccccc1Cl. The third-order valence-corrected chi connectivity index (χ3v) is 2.90. The summed E-state index contributed by atoms with van der Waals surface area (Å²) in [4.78, 5) is 11.7. The summed E-state index contributed by atoms with van der Waals surface area (Å²) in [6, 6.07) is 7.14. The minimum absolute atomic E-state index is 0.106. The molecule has 18 heavy (non-hydrogen) atoms. The molecular formula is C14H20ClNO2. The highest BCUT2D eigenvalue weighted by molar-refractivity contribution is 6.32. The Morgan fingerprint density at radius 3 is 2.78 bits per heavy atom. The smallest absolute Gasteiger partial charge is 0.260 e. The first kappa shape index (κ1) is 14.8. The maximum Gasteiger partial charge on any atom is 0.260 e. The number of hydrogen-bond donors (Lipinski definition) is 1. The average Bonchev–Trinajstić information content (AvgIpc) is 2.37. The van der Waals surface area contributed by atoms with E-state index in [4.69, 9.17) is 16.3 Å². The first-order valence-electron chi connectivity index (χ1n) is 6.34. The molecule has 0 saturated carbocycles. The monoisotopic (exact) mass is 269 g/mol. The molecule has 0 aliphatic heterocycles. The van der Waals surface area contributed by atoms with Crippen LogP contribution in [0, 0.1) is 0 Å². The maximum atomic E-state index is 11.7. The van der Waals surface area contributed by atoms with Gasteiger partial charge in [-0.25, -0.2) is 0 Å². The van der Waals surface area contributed by atoms with Gasteiger partial charge in [-0.1, -0.05) is 43.5 Å². The number of hydrogen-bond acceptors (Lipinski definition) is 2. The lowest BCUT2D eigenvalue weighted by molar-refractivity contribution is -0.127. The Balaban J connectivity index is 2.38. The van der Waals surface area contributed by atoms with Crippen molar-refractivity contribution in [3.63, 3.8) is 0 Å². The highest BCUT2D eigenvalue weighted by Crippen LogP contribution is 2.24. The summed E-state index contributed by atoms with van der Waals surface area (Å²) in [5.41, 5.74) is 0. The Hall–Kier alpha value is -1.22. The predicted octanol–water partition coefficient (Wildman–Crippen LogP) is 3.41. The summed E-state index contributed by atoms with van der Waals surface area (Å²) in [6.07, 6.45) is 2.73. The van der Waals surface area contributed by atoms with Crippen molar-refractivity contribution in [3.8, 4) is 5.75 Å². The largest absolute Gasteiger partial charge is 0.479 e. The fourth-order valence-electron chi connectivity index (χ4n) is 1.51. The van der Waals surface area contributed by atoms with E-state index < -0.39 is 6.10 Å². The van der Waals surface area contributed by atoms with Crippen molar-refractivity contribution in [3.05, 3.63) is 29.3 Å². The van der Waals surface area contributed by atoms with Crippen LogP contribution in [0.15, 0.2) is 24.3 Å². The van der Waals surface area contributed by atoms with Gasteiger partial charge in [0.1, 0.15) is 5.75 Å². The maximum absolute atomic E-state index is 11.7. The van der Waals surface area contributed by atoms with Gasteiger partial charge >= 0.3 is 0 Å². The van der Waals surface area contributed by atoms with Crippen LogP contribution in [0.4, 0.5) is 0 Å². The number of ether oxygens (including phenoxy) is 1. The van der Waals surface area contributed by atoms with Gasteiger partial charge in [-0.05, 0) is 25.5 Å². The van der Waals surface area contributed by atoms with Crippen molar-refractivity contribution in [1.82, 2.24) is 5.32 Å². The molecule has 0 fully saturated rings. The summed E-state index contributed by atoms with van der Waals surface area (Å²) in [7, 11) is 0. The standard InChI is InChI=1S/C14H20ClNO2/c1-3-4-7-10-16-14(17)11(2)18-13-9-6-5-8-12(13)15/h5-6,8-9,11H,3-4,7,10H2,1-2H3,(H,16,17). The van der Waals surface area contributed by atoms with Crippen LogP contribution >= 0.6 is 11.6 Å². The van der Waals surface area contributed by atoms with Gasteiger partial charge in [0, 0.05) is 6.54 Å². The summed E-state index contributed by atoms with van der Waals surface area (Å²) < 4.78 is 5.52. The summed E-state index contributed by atoms with van der Waals surface area (Å²) in [5, 5.41) is 3.37. The molecule has 1 unspecified atom stereocenters. The second-order valence-electron chi connectivity index (χ2n) is 4.19. The van der Waals surface area contributed by atoms with Crippen LogP contribution in [0.1, 0.15) is 33.1 Å². The normalized spacial score (nSPS) is 11.9. The van der Waals surface area contributed by atoms with Gasteiger partial charge in [0.25, 0.3) is 5.91 Å². The van der Waals surface area contributed by atoms with Gasteiger partial charge in [-0.15, -0.1) is 0 Å². The predicted molar refractivity (Wildman–Crippen MR) is 74.1 cm³/mol. The number of para-hydroxylation sites is 1. The molecule has 0 saturated heterocycles. The number of benzene rings is 1. The highest BCUT2D eigenvalue weighted by atomic mass is 35.5. The Labute approximate surface area is 113 Å². The summed E-state index contributed by atoms with van der Waals surface area (Å²) in [6.45, 7) is 4.55. The number of nitrogens with one attached hydrogen (secondary N) is 1. The van der Waals surface area contributed by atoms with Gasteiger partial charge in [-0.3, -0.25) is 4.79 Å². The minimum Gasteiger partial charge on any atom is -0.479 e. The fourth-order valence-corrected chi connectivity index (χ4v) is 1.69. The molecule has 100 valence electrons. The van der Waals surface area contributed by atoms with E-state index in [0.29, 0.717) is 17.3 Å². The van der Waals surface area contributed by atoms with Crippen molar-refractivity contribution in [2.24, 2.45) is 0 Å². The lowest BCUT2D eigenvalue weighted by Gasteiger charge is -2.15. The number of carbonyl (C=O) groups is 1. The van der Waals surface area contributed by atoms with Crippen LogP contribution in [-0.2, 0) is 4.79 Å². The average molecular weight is 270 g/mol. The molecule has 1 aromatic rings. The molecule has 0 aliphatic carbocycles. The van der Waals surface area contributed by atoms with Crippen LogP contribution in [0.5, 0.6) is 5.75 Å². The Kier molecular flexibility index (Phi) is 6.58. The second-order valence-corrected chi connectivity index (χ2v) is 4.60. The first-order valence-corrected chi connectivity index (χ1v) is 6.71. The van der Waals surface area contributed by atoms with E-state index >= 15 is 0 Å². The van der Waals surface area contributed by atoms with Gasteiger partial charge in [0.05, 0.1) is 5.02 Å². The lowest BCUT2D eigenvalue weighted by Crippen LogP contribution is -2.36. The summed E-state index contributed by atoms with van der Waals surface area (Å²) >= 11 is 5.96. The Morgan fingerprint density at radius 2 is 2.11 bits per heavy atom. The van der Waals surface area contributed by atoms with Crippen LogP contribution < -0.4 is 10.1 Å². The molecule has 1 atom stereocenters. The number of halogens is 1. The van der Waals surface area contributed by atoms with Gasteiger partial charge < -0.3 is 10.1 Å². The zero-order chi connectivity index (χ0) is 13.4. The molecule has 1 rings (SSSR count). The van der Waals surface area contributed by atoms with E-state index in [9.17, 15) is 4.79 Å². The number of unbranched alkanes of at least 4 members (excludes halogenated alkanes) is 2.